The van der Waals surface area contributed by atoms with Crippen LogP contribution >= 0.6 is 0 Å². The minimum atomic E-state index is -3.36. The minimum Gasteiger partial charge on any atom is -0.380 e. The Morgan fingerprint density at radius 2 is 1.58 bits per heavy atom. The molecule has 0 unspecified atom stereocenters. The molecule has 174 valence electrons. The number of nitrogens with zero attached hydrogens (tertiary/aromatic N) is 2. The van der Waals surface area contributed by atoms with Gasteiger partial charge in [-0.3, -0.25) is 9.59 Å². The van der Waals surface area contributed by atoms with Crippen LogP contribution < -0.4 is 0 Å². The van der Waals surface area contributed by atoms with Gasteiger partial charge >= 0.3 is 0 Å². The average Bonchev–Trinajstić information content (AvgIpc) is 3.75. The molecular formula is C24H25FN2O5S. The third-order valence-electron chi connectivity index (χ3n) is 6.63. The largest absolute Gasteiger partial charge is 0.380 e. The van der Waals surface area contributed by atoms with Crippen molar-refractivity contribution in [3.63, 3.8) is 0 Å². The summed E-state index contributed by atoms with van der Waals surface area (Å²) in [5.74, 6) is -1.43. The standard InChI is InChI=1S/C24H25FN2O5S/c25-21-15-17(16-2-1-3-19(14-16)33(31,32)18-5-6-18)4-7-20(21)22(28)26-10-12-27(13-11-26)23(29)24(30)8-9-24/h1-4,7,14-15,18,30H,5-6,8-13H2. The van der Waals surface area contributed by atoms with Crippen molar-refractivity contribution in [2.45, 2.75) is 41.4 Å². The zero-order valence-corrected chi connectivity index (χ0v) is 18.9. The van der Waals surface area contributed by atoms with Gasteiger partial charge in [-0.25, -0.2) is 12.8 Å². The van der Waals surface area contributed by atoms with Gasteiger partial charge in [0.05, 0.1) is 15.7 Å². The minimum absolute atomic E-state index is 0.0684. The molecule has 2 aromatic carbocycles. The number of aliphatic hydroxyl groups is 1. The van der Waals surface area contributed by atoms with Crippen LogP contribution in [-0.4, -0.2) is 72.2 Å². The van der Waals surface area contributed by atoms with Crippen molar-refractivity contribution < 1.29 is 27.5 Å². The van der Waals surface area contributed by atoms with Crippen molar-refractivity contribution in [2.75, 3.05) is 26.2 Å². The third kappa shape index (κ3) is 4.15. The highest BCUT2D eigenvalue weighted by molar-refractivity contribution is 7.92. The first-order valence-electron chi connectivity index (χ1n) is 11.1. The molecule has 0 bridgehead atoms. The van der Waals surface area contributed by atoms with Crippen LogP contribution in [0.25, 0.3) is 11.1 Å². The van der Waals surface area contributed by atoms with Gasteiger partial charge in [-0.15, -0.1) is 0 Å². The fourth-order valence-corrected chi connectivity index (χ4v) is 5.90. The highest BCUT2D eigenvalue weighted by atomic mass is 32.2. The number of rotatable bonds is 5. The highest BCUT2D eigenvalue weighted by Gasteiger charge is 2.50. The van der Waals surface area contributed by atoms with E-state index in [1.165, 1.54) is 17.0 Å². The fourth-order valence-electron chi connectivity index (χ4n) is 4.20. The van der Waals surface area contributed by atoms with Crippen molar-refractivity contribution in [3.05, 3.63) is 53.8 Å². The van der Waals surface area contributed by atoms with Crippen LogP contribution in [-0.2, 0) is 14.6 Å². The van der Waals surface area contributed by atoms with Crippen molar-refractivity contribution in [1.29, 1.82) is 0 Å². The first-order chi connectivity index (χ1) is 15.7. The molecule has 3 fully saturated rings. The topological polar surface area (TPSA) is 95.0 Å². The van der Waals surface area contributed by atoms with E-state index >= 15 is 0 Å². The van der Waals surface area contributed by atoms with E-state index in [9.17, 15) is 27.5 Å². The van der Waals surface area contributed by atoms with Gasteiger partial charge in [0.25, 0.3) is 11.8 Å². The van der Waals surface area contributed by atoms with Gasteiger partial charge in [-0.1, -0.05) is 18.2 Å². The van der Waals surface area contributed by atoms with Crippen molar-refractivity contribution in [3.8, 4) is 11.1 Å². The third-order valence-corrected chi connectivity index (χ3v) is 8.89. The van der Waals surface area contributed by atoms with Crippen LogP contribution in [0.4, 0.5) is 4.39 Å². The van der Waals surface area contributed by atoms with E-state index in [1.54, 1.807) is 35.2 Å². The Kier molecular flexibility index (Phi) is 5.29. The van der Waals surface area contributed by atoms with Crippen molar-refractivity contribution in [2.24, 2.45) is 0 Å². The van der Waals surface area contributed by atoms with E-state index in [1.807, 2.05) is 0 Å². The van der Waals surface area contributed by atoms with E-state index in [2.05, 4.69) is 0 Å². The maximum Gasteiger partial charge on any atom is 0.256 e. The molecule has 0 spiro atoms. The number of hydrogen-bond donors (Lipinski definition) is 1. The lowest BCUT2D eigenvalue weighted by molar-refractivity contribution is -0.143. The average molecular weight is 473 g/mol. The molecule has 3 aliphatic rings. The Morgan fingerprint density at radius 1 is 0.939 bits per heavy atom. The quantitative estimate of drug-likeness (QED) is 0.720. The lowest BCUT2D eigenvalue weighted by atomic mass is 10.0. The predicted molar refractivity (Wildman–Crippen MR) is 119 cm³/mol. The van der Waals surface area contributed by atoms with Crippen LogP contribution in [0.2, 0.25) is 0 Å². The van der Waals surface area contributed by atoms with Crippen LogP contribution in [0.3, 0.4) is 0 Å². The van der Waals surface area contributed by atoms with Crippen LogP contribution in [0.1, 0.15) is 36.0 Å². The van der Waals surface area contributed by atoms with E-state index in [-0.39, 0.29) is 34.7 Å². The van der Waals surface area contributed by atoms with Gasteiger partial charge in [0.2, 0.25) is 0 Å². The zero-order chi connectivity index (χ0) is 23.4. The molecule has 1 heterocycles. The summed E-state index contributed by atoms with van der Waals surface area (Å²) >= 11 is 0. The Morgan fingerprint density at radius 3 is 2.18 bits per heavy atom. The second-order valence-corrected chi connectivity index (χ2v) is 11.3. The number of amides is 2. The van der Waals surface area contributed by atoms with Crippen molar-refractivity contribution in [1.82, 2.24) is 9.80 Å². The molecule has 0 atom stereocenters. The monoisotopic (exact) mass is 472 g/mol. The summed E-state index contributed by atoms with van der Waals surface area (Å²) in [4.78, 5) is 28.4. The number of carbonyl (C=O) groups excluding carboxylic acids is 2. The summed E-state index contributed by atoms with van der Waals surface area (Å²) in [6.07, 6.45) is 2.28. The molecule has 0 aromatic heterocycles. The second kappa shape index (κ2) is 7.92. The summed E-state index contributed by atoms with van der Waals surface area (Å²) in [6.45, 7) is 1.13. The number of piperazine rings is 1. The van der Waals surface area contributed by atoms with Crippen LogP contribution in [0.15, 0.2) is 47.4 Å². The number of carbonyl (C=O) groups is 2. The fraction of sp³-hybridized carbons (Fsp3) is 0.417. The van der Waals surface area contributed by atoms with E-state index in [4.69, 9.17) is 0 Å². The molecule has 5 rings (SSSR count). The molecule has 2 saturated carbocycles. The summed E-state index contributed by atoms with van der Waals surface area (Å²) in [6, 6.07) is 10.7. The Bertz CT molecular complexity index is 1230. The molecule has 2 aromatic rings. The number of benzene rings is 2. The lowest BCUT2D eigenvalue weighted by Crippen LogP contribution is -2.53. The van der Waals surface area contributed by atoms with Crippen LogP contribution in [0, 0.1) is 5.82 Å². The Balaban J connectivity index is 1.29. The van der Waals surface area contributed by atoms with E-state index in [0.29, 0.717) is 49.9 Å². The zero-order valence-electron chi connectivity index (χ0n) is 18.0. The normalized spacial score (nSPS) is 19.9. The summed E-state index contributed by atoms with van der Waals surface area (Å²) in [5.41, 5.74) is -0.241. The van der Waals surface area contributed by atoms with Crippen LogP contribution in [0.5, 0.6) is 0 Å². The number of halogens is 1. The highest BCUT2D eigenvalue weighted by Crippen LogP contribution is 2.37. The predicted octanol–water partition coefficient (Wildman–Crippen LogP) is 2.24. The van der Waals surface area contributed by atoms with E-state index < -0.39 is 27.2 Å². The van der Waals surface area contributed by atoms with Gasteiger partial charge in [0.1, 0.15) is 11.4 Å². The van der Waals surface area contributed by atoms with Gasteiger partial charge < -0.3 is 14.9 Å². The first kappa shape index (κ1) is 22.0. The Labute approximate surface area is 191 Å². The smallest absolute Gasteiger partial charge is 0.256 e. The molecule has 2 amide bonds. The summed E-state index contributed by atoms with van der Waals surface area (Å²) < 4.78 is 40.0. The van der Waals surface area contributed by atoms with E-state index in [0.717, 1.165) is 0 Å². The maximum atomic E-state index is 14.9. The first-order valence-corrected chi connectivity index (χ1v) is 12.7. The molecule has 33 heavy (non-hydrogen) atoms. The van der Waals surface area contributed by atoms with Gasteiger partial charge in [-0.05, 0) is 61.1 Å². The molecule has 1 aliphatic heterocycles. The molecule has 1 N–H and O–H groups in total. The summed E-state index contributed by atoms with van der Waals surface area (Å²) in [5, 5.41) is 9.67. The maximum absolute atomic E-state index is 14.9. The van der Waals surface area contributed by atoms with Crippen molar-refractivity contribution >= 4 is 21.7 Å². The Hall–Kier alpha value is -2.78. The van der Waals surface area contributed by atoms with Gasteiger partial charge in [0.15, 0.2) is 9.84 Å². The van der Waals surface area contributed by atoms with Gasteiger partial charge in [0, 0.05) is 26.2 Å². The molecular weight excluding hydrogens is 447 g/mol. The summed E-state index contributed by atoms with van der Waals surface area (Å²) in [7, 11) is -3.36. The molecule has 7 nitrogen and oxygen atoms in total. The number of sulfone groups is 1. The van der Waals surface area contributed by atoms with Gasteiger partial charge in [-0.2, -0.15) is 0 Å². The molecule has 1 saturated heterocycles. The second-order valence-electron chi connectivity index (χ2n) is 9.08. The molecule has 9 heteroatoms. The number of hydrogen-bond acceptors (Lipinski definition) is 5. The SMILES string of the molecule is O=C(c1ccc(-c2cccc(S(=O)(=O)C3CC3)c2)cc1F)N1CCN(C(=O)C2(O)CC2)CC1. The lowest BCUT2D eigenvalue weighted by Gasteiger charge is -2.35. The molecule has 2 aliphatic carbocycles. The molecule has 0 radical (unpaired) electrons.